The number of rotatable bonds is 3. The smallest absolute Gasteiger partial charge is 0.251 e. The molecule has 1 N–H and O–H groups in total. The van der Waals surface area contributed by atoms with Crippen LogP contribution in [0.5, 0.6) is 0 Å². The van der Waals surface area contributed by atoms with Crippen molar-refractivity contribution in [2.45, 2.75) is 6.54 Å². The minimum Gasteiger partial charge on any atom is -0.348 e. The minimum atomic E-state index is -0.190. The number of hydrogen-bond acceptors (Lipinski definition) is 2. The van der Waals surface area contributed by atoms with Gasteiger partial charge >= 0.3 is 0 Å². The second kappa shape index (κ2) is 6.03. The predicted molar refractivity (Wildman–Crippen MR) is 73.8 cm³/mol. The van der Waals surface area contributed by atoms with Crippen LogP contribution in [0.15, 0.2) is 48.5 Å². The zero-order chi connectivity index (χ0) is 13.7. The molecule has 0 aromatic heterocycles. The first kappa shape index (κ1) is 13.1. The van der Waals surface area contributed by atoms with E-state index in [2.05, 4.69) is 5.32 Å². The Labute approximate surface area is 116 Å². The third kappa shape index (κ3) is 3.34. The summed E-state index contributed by atoms with van der Waals surface area (Å²) in [6.07, 6.45) is 0. The summed E-state index contributed by atoms with van der Waals surface area (Å²) >= 11 is 6.01. The quantitative estimate of drug-likeness (QED) is 0.931. The molecule has 0 atom stereocenters. The molecule has 2 aromatic rings. The monoisotopic (exact) mass is 270 g/mol. The lowest BCUT2D eigenvalue weighted by atomic mass is 10.1. The summed E-state index contributed by atoms with van der Waals surface area (Å²) in [6.45, 7) is 0.374. The first-order valence-corrected chi connectivity index (χ1v) is 6.10. The summed E-state index contributed by atoms with van der Waals surface area (Å²) in [5, 5.41) is 12.1. The van der Waals surface area contributed by atoms with E-state index in [4.69, 9.17) is 16.9 Å². The molecular weight excluding hydrogens is 260 g/mol. The van der Waals surface area contributed by atoms with Crippen molar-refractivity contribution < 1.29 is 4.79 Å². The van der Waals surface area contributed by atoms with Gasteiger partial charge in [0.05, 0.1) is 11.6 Å². The first-order valence-electron chi connectivity index (χ1n) is 5.72. The summed E-state index contributed by atoms with van der Waals surface area (Å²) < 4.78 is 0. The van der Waals surface area contributed by atoms with Gasteiger partial charge in [-0.1, -0.05) is 29.8 Å². The molecule has 2 rings (SSSR count). The lowest BCUT2D eigenvalue weighted by molar-refractivity contribution is 0.0951. The van der Waals surface area contributed by atoms with E-state index in [1.165, 1.54) is 0 Å². The average Bonchev–Trinajstić information content (AvgIpc) is 2.46. The van der Waals surface area contributed by atoms with Crippen molar-refractivity contribution in [1.29, 1.82) is 5.26 Å². The number of benzene rings is 2. The van der Waals surface area contributed by atoms with Gasteiger partial charge in [-0.15, -0.1) is 0 Å². The third-order valence-electron chi connectivity index (χ3n) is 2.67. The number of nitriles is 1. The van der Waals surface area contributed by atoms with Crippen LogP contribution in [0, 0.1) is 11.3 Å². The number of halogens is 1. The summed E-state index contributed by atoms with van der Waals surface area (Å²) in [4.78, 5) is 11.9. The van der Waals surface area contributed by atoms with Crippen LogP contribution in [0.3, 0.4) is 0 Å². The van der Waals surface area contributed by atoms with E-state index in [9.17, 15) is 4.79 Å². The second-order valence-corrected chi connectivity index (χ2v) is 4.37. The molecule has 0 saturated carbocycles. The van der Waals surface area contributed by atoms with E-state index in [-0.39, 0.29) is 5.91 Å². The highest BCUT2D eigenvalue weighted by Gasteiger charge is 2.06. The zero-order valence-corrected chi connectivity index (χ0v) is 10.8. The fourth-order valence-corrected chi connectivity index (χ4v) is 1.82. The van der Waals surface area contributed by atoms with Crippen LogP contribution >= 0.6 is 11.6 Å². The van der Waals surface area contributed by atoms with Gasteiger partial charge in [-0.25, -0.2) is 0 Å². The van der Waals surface area contributed by atoms with E-state index >= 15 is 0 Å². The van der Waals surface area contributed by atoms with Crippen LogP contribution in [0.2, 0.25) is 5.02 Å². The lowest BCUT2D eigenvalue weighted by Gasteiger charge is -2.06. The third-order valence-corrected chi connectivity index (χ3v) is 3.04. The van der Waals surface area contributed by atoms with E-state index in [0.29, 0.717) is 22.7 Å². The van der Waals surface area contributed by atoms with Gasteiger partial charge in [-0.05, 0) is 35.9 Å². The molecule has 0 unspecified atom stereocenters. The number of nitrogens with one attached hydrogen (secondary N) is 1. The van der Waals surface area contributed by atoms with Gasteiger partial charge in [0.1, 0.15) is 0 Å². The highest BCUT2D eigenvalue weighted by atomic mass is 35.5. The lowest BCUT2D eigenvalue weighted by Crippen LogP contribution is -2.22. The van der Waals surface area contributed by atoms with Gasteiger partial charge in [-0.3, -0.25) is 4.79 Å². The Hall–Kier alpha value is -2.31. The summed E-state index contributed by atoms with van der Waals surface area (Å²) in [5.41, 5.74) is 1.92. The van der Waals surface area contributed by atoms with Crippen molar-refractivity contribution >= 4 is 17.5 Å². The Morgan fingerprint density at radius 1 is 1.16 bits per heavy atom. The van der Waals surface area contributed by atoms with Crippen LogP contribution in [-0.2, 0) is 6.54 Å². The second-order valence-electron chi connectivity index (χ2n) is 3.96. The molecule has 0 aliphatic carbocycles. The Morgan fingerprint density at radius 2 is 1.84 bits per heavy atom. The molecule has 3 nitrogen and oxygen atoms in total. The van der Waals surface area contributed by atoms with Crippen LogP contribution in [0.25, 0.3) is 0 Å². The van der Waals surface area contributed by atoms with Gasteiger partial charge in [0.25, 0.3) is 5.91 Å². The fraction of sp³-hybridized carbons (Fsp3) is 0.0667. The number of amides is 1. The molecule has 19 heavy (non-hydrogen) atoms. The van der Waals surface area contributed by atoms with E-state index < -0.39 is 0 Å². The summed E-state index contributed by atoms with van der Waals surface area (Å²) in [7, 11) is 0. The maximum absolute atomic E-state index is 11.9. The minimum absolute atomic E-state index is 0.190. The van der Waals surface area contributed by atoms with E-state index in [0.717, 1.165) is 5.56 Å². The van der Waals surface area contributed by atoms with Crippen LogP contribution < -0.4 is 5.32 Å². The molecule has 0 radical (unpaired) electrons. The van der Waals surface area contributed by atoms with E-state index in [1.807, 2.05) is 24.3 Å². The van der Waals surface area contributed by atoms with Crippen molar-refractivity contribution in [1.82, 2.24) is 5.32 Å². The molecule has 0 spiro atoms. The largest absolute Gasteiger partial charge is 0.348 e. The highest BCUT2D eigenvalue weighted by molar-refractivity contribution is 6.31. The van der Waals surface area contributed by atoms with Crippen molar-refractivity contribution in [3.63, 3.8) is 0 Å². The molecule has 0 aliphatic heterocycles. The molecule has 0 bridgehead atoms. The van der Waals surface area contributed by atoms with Crippen molar-refractivity contribution in [2.75, 3.05) is 0 Å². The molecule has 4 heteroatoms. The summed E-state index contributed by atoms with van der Waals surface area (Å²) in [6, 6.07) is 15.8. The van der Waals surface area contributed by atoms with Crippen LogP contribution in [0.4, 0.5) is 0 Å². The predicted octanol–water partition coefficient (Wildman–Crippen LogP) is 3.14. The van der Waals surface area contributed by atoms with Gasteiger partial charge in [0.2, 0.25) is 0 Å². The maximum atomic E-state index is 11.9. The Bertz CT molecular complexity index is 629. The number of hydrogen-bond donors (Lipinski definition) is 1. The summed E-state index contributed by atoms with van der Waals surface area (Å²) in [5.74, 6) is -0.190. The van der Waals surface area contributed by atoms with E-state index in [1.54, 1.807) is 30.3 Å². The van der Waals surface area contributed by atoms with Crippen molar-refractivity contribution in [3.8, 4) is 6.07 Å². The number of carbonyl (C=O) groups is 1. The molecule has 0 heterocycles. The number of nitrogens with zero attached hydrogens (tertiary/aromatic N) is 1. The molecular formula is C15H11ClN2O. The molecule has 0 saturated heterocycles. The highest BCUT2D eigenvalue weighted by Crippen LogP contribution is 2.14. The Kier molecular flexibility index (Phi) is 4.17. The molecule has 2 aromatic carbocycles. The van der Waals surface area contributed by atoms with Crippen LogP contribution in [0.1, 0.15) is 21.5 Å². The van der Waals surface area contributed by atoms with Gasteiger partial charge < -0.3 is 5.32 Å². The normalized spacial score (nSPS) is 9.68. The topological polar surface area (TPSA) is 52.9 Å². The maximum Gasteiger partial charge on any atom is 0.251 e. The molecule has 1 amide bonds. The molecule has 0 aliphatic rings. The first-order chi connectivity index (χ1) is 9.20. The van der Waals surface area contributed by atoms with Gasteiger partial charge in [0.15, 0.2) is 0 Å². The van der Waals surface area contributed by atoms with Crippen LogP contribution in [-0.4, -0.2) is 5.91 Å². The SMILES string of the molecule is N#Cc1ccc(C(=O)NCc2ccccc2Cl)cc1. The van der Waals surface area contributed by atoms with Gasteiger partial charge in [-0.2, -0.15) is 5.26 Å². The van der Waals surface area contributed by atoms with Crippen molar-refractivity contribution in [3.05, 3.63) is 70.2 Å². The van der Waals surface area contributed by atoms with Crippen molar-refractivity contribution in [2.24, 2.45) is 0 Å². The Morgan fingerprint density at radius 3 is 2.47 bits per heavy atom. The fourth-order valence-electron chi connectivity index (χ4n) is 1.62. The standard InChI is InChI=1S/C15H11ClN2O/c16-14-4-2-1-3-13(14)10-18-15(19)12-7-5-11(9-17)6-8-12/h1-8H,10H2,(H,18,19). The number of carbonyl (C=O) groups excluding carboxylic acids is 1. The average molecular weight is 271 g/mol. The molecule has 94 valence electrons. The Balaban J connectivity index is 2.02. The van der Waals surface area contributed by atoms with Gasteiger partial charge in [0, 0.05) is 17.1 Å². The zero-order valence-electron chi connectivity index (χ0n) is 10.1. The molecule has 0 fully saturated rings.